The van der Waals surface area contributed by atoms with Crippen LogP contribution in [0.5, 0.6) is 0 Å². The van der Waals surface area contributed by atoms with Gasteiger partial charge in [0.1, 0.15) is 15.2 Å². The van der Waals surface area contributed by atoms with Crippen LogP contribution in [-0.4, -0.2) is 25.3 Å². The second-order valence-electron chi connectivity index (χ2n) is 4.38. The second-order valence-corrected chi connectivity index (χ2v) is 7.58. The van der Waals surface area contributed by atoms with Gasteiger partial charge in [0.15, 0.2) is 0 Å². The zero-order valence-corrected chi connectivity index (χ0v) is 11.9. The number of nitrogens with zero attached hydrogens (tertiary/aromatic N) is 2. The van der Waals surface area contributed by atoms with Crippen molar-refractivity contribution in [1.82, 2.24) is 4.31 Å². The lowest BCUT2D eigenvalue weighted by molar-refractivity contribution is 0.336. The van der Waals surface area contributed by atoms with E-state index in [1.54, 1.807) is 10.4 Å². The van der Waals surface area contributed by atoms with E-state index in [1.165, 1.54) is 6.07 Å². The Morgan fingerprint density at radius 1 is 1.44 bits per heavy atom. The summed E-state index contributed by atoms with van der Waals surface area (Å²) in [5, 5.41) is 8.78. The van der Waals surface area contributed by atoms with Gasteiger partial charge < -0.3 is 0 Å². The van der Waals surface area contributed by atoms with Crippen molar-refractivity contribution >= 4 is 21.4 Å². The molecule has 0 N–H and O–H groups in total. The molecule has 1 aliphatic carbocycles. The highest BCUT2D eigenvalue weighted by Crippen LogP contribution is 2.31. The standard InChI is InChI=1S/C12H16N2O2S2/c1-2-14(10-5-3-4-6-10)18(15,16)12-8-7-11(9-13)17-12/h7-8,10H,2-6H2,1H3. The van der Waals surface area contributed by atoms with Crippen molar-refractivity contribution in [2.75, 3.05) is 6.54 Å². The molecule has 0 bridgehead atoms. The largest absolute Gasteiger partial charge is 0.252 e. The molecule has 0 saturated heterocycles. The van der Waals surface area contributed by atoms with E-state index >= 15 is 0 Å². The van der Waals surface area contributed by atoms with Crippen LogP contribution in [0.2, 0.25) is 0 Å². The number of sulfonamides is 1. The molecule has 4 nitrogen and oxygen atoms in total. The average molecular weight is 284 g/mol. The van der Waals surface area contributed by atoms with Gasteiger partial charge in [0, 0.05) is 12.6 Å². The molecule has 0 atom stereocenters. The normalized spacial score (nSPS) is 17.2. The summed E-state index contributed by atoms with van der Waals surface area (Å²) in [5.41, 5.74) is 0. The van der Waals surface area contributed by atoms with Gasteiger partial charge in [-0.1, -0.05) is 19.8 Å². The minimum absolute atomic E-state index is 0.132. The first kappa shape index (κ1) is 13.5. The Hall–Kier alpha value is -0.900. The summed E-state index contributed by atoms with van der Waals surface area (Å²) in [6.45, 7) is 2.36. The molecule has 0 unspecified atom stereocenters. The van der Waals surface area contributed by atoms with Crippen LogP contribution < -0.4 is 0 Å². The molecule has 0 spiro atoms. The Morgan fingerprint density at radius 3 is 2.61 bits per heavy atom. The molecule has 0 radical (unpaired) electrons. The Labute approximate surface area is 112 Å². The summed E-state index contributed by atoms with van der Waals surface area (Å²) in [5.74, 6) is 0. The molecular formula is C12H16N2O2S2. The first-order valence-corrected chi connectivity index (χ1v) is 8.37. The SMILES string of the molecule is CCN(C1CCCC1)S(=O)(=O)c1ccc(C#N)s1. The van der Waals surface area contributed by atoms with Crippen molar-refractivity contribution in [3.8, 4) is 6.07 Å². The fraction of sp³-hybridized carbons (Fsp3) is 0.583. The van der Waals surface area contributed by atoms with Gasteiger partial charge in [-0.3, -0.25) is 0 Å². The first-order chi connectivity index (χ1) is 8.59. The van der Waals surface area contributed by atoms with E-state index in [9.17, 15) is 8.42 Å². The summed E-state index contributed by atoms with van der Waals surface area (Å²) in [6.07, 6.45) is 4.10. The molecule has 1 aromatic rings. The summed E-state index contributed by atoms with van der Waals surface area (Å²) in [7, 11) is -3.42. The maximum absolute atomic E-state index is 12.5. The zero-order chi connectivity index (χ0) is 13.2. The van der Waals surface area contributed by atoms with E-state index in [0.29, 0.717) is 11.4 Å². The predicted molar refractivity (Wildman–Crippen MR) is 70.9 cm³/mol. The lowest BCUT2D eigenvalue weighted by Crippen LogP contribution is -2.38. The molecule has 2 rings (SSSR count). The van der Waals surface area contributed by atoms with Crippen molar-refractivity contribution in [2.45, 2.75) is 42.9 Å². The van der Waals surface area contributed by atoms with E-state index in [0.717, 1.165) is 37.0 Å². The highest BCUT2D eigenvalue weighted by atomic mass is 32.2. The van der Waals surface area contributed by atoms with Crippen LogP contribution in [0.25, 0.3) is 0 Å². The summed E-state index contributed by atoms with van der Waals surface area (Å²) >= 11 is 1.05. The van der Waals surface area contributed by atoms with Crippen LogP contribution in [-0.2, 0) is 10.0 Å². The smallest absolute Gasteiger partial charge is 0.206 e. The average Bonchev–Trinajstić information content (AvgIpc) is 3.00. The molecule has 0 aromatic carbocycles. The van der Waals surface area contributed by atoms with Gasteiger partial charge >= 0.3 is 0 Å². The highest BCUT2D eigenvalue weighted by molar-refractivity contribution is 7.91. The fourth-order valence-electron chi connectivity index (χ4n) is 2.45. The van der Waals surface area contributed by atoms with Crippen molar-refractivity contribution in [3.63, 3.8) is 0 Å². The molecule has 1 saturated carbocycles. The van der Waals surface area contributed by atoms with E-state index in [-0.39, 0.29) is 10.3 Å². The number of hydrogen-bond donors (Lipinski definition) is 0. The van der Waals surface area contributed by atoms with Crippen LogP contribution in [0.4, 0.5) is 0 Å². The second kappa shape index (κ2) is 5.39. The molecule has 6 heteroatoms. The van der Waals surface area contributed by atoms with Gasteiger partial charge in [-0.25, -0.2) is 8.42 Å². The lowest BCUT2D eigenvalue weighted by atomic mass is 10.2. The quantitative estimate of drug-likeness (QED) is 0.853. The molecular weight excluding hydrogens is 268 g/mol. The van der Waals surface area contributed by atoms with Crippen LogP contribution in [0, 0.1) is 11.3 Å². The van der Waals surface area contributed by atoms with Gasteiger partial charge in [0.25, 0.3) is 10.0 Å². The fourth-order valence-corrected chi connectivity index (χ4v) is 5.38. The maximum Gasteiger partial charge on any atom is 0.252 e. The van der Waals surface area contributed by atoms with Gasteiger partial charge in [0.2, 0.25) is 0 Å². The van der Waals surface area contributed by atoms with Gasteiger partial charge in [-0.05, 0) is 25.0 Å². The molecule has 98 valence electrons. The molecule has 1 heterocycles. The van der Waals surface area contributed by atoms with Gasteiger partial charge in [-0.2, -0.15) is 9.57 Å². The van der Waals surface area contributed by atoms with E-state index in [4.69, 9.17) is 5.26 Å². The van der Waals surface area contributed by atoms with Crippen LogP contribution in [0.3, 0.4) is 0 Å². The number of hydrogen-bond acceptors (Lipinski definition) is 4. The van der Waals surface area contributed by atoms with Gasteiger partial charge in [0.05, 0.1) is 0 Å². The maximum atomic E-state index is 12.5. The van der Waals surface area contributed by atoms with Crippen molar-refractivity contribution in [2.24, 2.45) is 0 Å². The minimum atomic E-state index is -3.42. The number of nitriles is 1. The number of thiophene rings is 1. The van der Waals surface area contributed by atoms with Crippen molar-refractivity contribution in [1.29, 1.82) is 5.26 Å². The molecule has 1 aliphatic rings. The zero-order valence-electron chi connectivity index (χ0n) is 10.3. The molecule has 18 heavy (non-hydrogen) atoms. The summed E-state index contributed by atoms with van der Waals surface area (Å²) in [6, 6.07) is 5.22. The minimum Gasteiger partial charge on any atom is -0.206 e. The molecule has 0 amide bonds. The topological polar surface area (TPSA) is 61.2 Å². The third-order valence-corrected chi connectivity index (χ3v) is 6.78. The van der Waals surface area contributed by atoms with Crippen LogP contribution >= 0.6 is 11.3 Å². The third-order valence-electron chi connectivity index (χ3n) is 3.30. The molecule has 1 aromatic heterocycles. The van der Waals surface area contributed by atoms with E-state index in [1.807, 2.05) is 13.0 Å². The Kier molecular flexibility index (Phi) is 4.05. The van der Waals surface area contributed by atoms with Crippen molar-refractivity contribution in [3.05, 3.63) is 17.0 Å². The Balaban J connectivity index is 2.30. The first-order valence-electron chi connectivity index (χ1n) is 6.11. The van der Waals surface area contributed by atoms with Crippen molar-refractivity contribution < 1.29 is 8.42 Å². The molecule has 0 aliphatic heterocycles. The summed E-state index contributed by atoms with van der Waals surface area (Å²) in [4.78, 5) is 0.441. The monoisotopic (exact) mass is 284 g/mol. The van der Waals surface area contributed by atoms with Crippen LogP contribution in [0.15, 0.2) is 16.3 Å². The van der Waals surface area contributed by atoms with E-state index < -0.39 is 10.0 Å². The number of rotatable bonds is 4. The van der Waals surface area contributed by atoms with Crippen LogP contribution in [0.1, 0.15) is 37.5 Å². The molecule has 1 fully saturated rings. The Bertz CT molecular complexity index is 551. The Morgan fingerprint density at radius 2 is 2.11 bits per heavy atom. The predicted octanol–water partition coefficient (Wildman–Crippen LogP) is 2.57. The van der Waals surface area contributed by atoms with Gasteiger partial charge in [-0.15, -0.1) is 11.3 Å². The highest BCUT2D eigenvalue weighted by Gasteiger charge is 2.32. The lowest BCUT2D eigenvalue weighted by Gasteiger charge is -2.25. The third kappa shape index (κ3) is 2.44. The van der Waals surface area contributed by atoms with E-state index in [2.05, 4.69) is 0 Å². The summed E-state index contributed by atoms with van der Waals surface area (Å²) < 4.78 is 26.9.